The third-order valence-electron chi connectivity index (χ3n) is 4.36. The number of aryl methyl sites for hydroxylation is 3. The molecule has 2 aromatic carbocycles. The Labute approximate surface area is 136 Å². The molecule has 0 spiro atoms. The highest BCUT2D eigenvalue weighted by atomic mass is 14.8. The van der Waals surface area contributed by atoms with Crippen molar-refractivity contribution in [1.82, 2.24) is 4.98 Å². The Kier molecular flexibility index (Phi) is 3.12. The first kappa shape index (κ1) is 13.9. The van der Waals surface area contributed by atoms with Crippen molar-refractivity contribution in [3.8, 4) is 11.3 Å². The lowest BCUT2D eigenvalue weighted by Gasteiger charge is -2.09. The minimum Gasteiger partial charge on any atom is -0.256 e. The summed E-state index contributed by atoms with van der Waals surface area (Å²) in [4.78, 5) is 9.63. The second-order valence-electron chi connectivity index (χ2n) is 6.15. The summed E-state index contributed by atoms with van der Waals surface area (Å²) in [7, 11) is 0. The summed E-state index contributed by atoms with van der Waals surface area (Å²) < 4.78 is 0. The van der Waals surface area contributed by atoms with Crippen LogP contribution in [0.15, 0.2) is 59.7 Å². The number of pyridine rings is 1. The normalized spacial score (nSPS) is 14.0. The van der Waals surface area contributed by atoms with Gasteiger partial charge in [-0.15, -0.1) is 0 Å². The van der Waals surface area contributed by atoms with E-state index in [2.05, 4.69) is 68.2 Å². The second kappa shape index (κ2) is 5.17. The van der Waals surface area contributed by atoms with Crippen LogP contribution < -0.4 is 0 Å². The molecule has 0 saturated carbocycles. The predicted octanol–water partition coefficient (Wildman–Crippen LogP) is 5.16. The number of aromatic nitrogens is 1. The van der Waals surface area contributed by atoms with E-state index in [0.29, 0.717) is 0 Å². The van der Waals surface area contributed by atoms with Crippen molar-refractivity contribution in [3.05, 3.63) is 82.5 Å². The van der Waals surface area contributed by atoms with Crippen LogP contribution in [0.5, 0.6) is 0 Å². The Hall–Kier alpha value is -2.74. The number of nitrogens with zero attached hydrogens (tertiary/aromatic N) is 2. The van der Waals surface area contributed by atoms with Crippen molar-refractivity contribution in [2.75, 3.05) is 0 Å². The molecule has 4 rings (SSSR count). The molecule has 3 aromatic rings. The van der Waals surface area contributed by atoms with Crippen LogP contribution in [0.1, 0.15) is 27.8 Å². The third-order valence-corrected chi connectivity index (χ3v) is 4.36. The molecule has 1 aromatic heterocycles. The van der Waals surface area contributed by atoms with E-state index in [1.54, 1.807) is 0 Å². The molecule has 0 saturated heterocycles. The third kappa shape index (κ3) is 2.18. The summed E-state index contributed by atoms with van der Waals surface area (Å²) in [6, 6.07) is 16.9. The fourth-order valence-electron chi connectivity index (χ4n) is 3.43. The first-order chi connectivity index (χ1) is 11.1. The lowest BCUT2D eigenvalue weighted by Crippen LogP contribution is -1.98. The van der Waals surface area contributed by atoms with Crippen molar-refractivity contribution in [2.24, 2.45) is 4.99 Å². The predicted molar refractivity (Wildman–Crippen MR) is 95.6 cm³/mol. The maximum absolute atomic E-state index is 5.06. The maximum atomic E-state index is 5.06. The first-order valence-corrected chi connectivity index (χ1v) is 7.87. The second-order valence-corrected chi connectivity index (χ2v) is 6.15. The molecule has 0 radical (unpaired) electrons. The van der Waals surface area contributed by atoms with Gasteiger partial charge in [0.15, 0.2) is 0 Å². The zero-order chi connectivity index (χ0) is 16.0. The summed E-state index contributed by atoms with van der Waals surface area (Å²) in [6.07, 6.45) is 1.85. The van der Waals surface area contributed by atoms with Crippen LogP contribution in [-0.4, -0.2) is 10.7 Å². The van der Waals surface area contributed by atoms with Gasteiger partial charge in [-0.2, -0.15) is 0 Å². The van der Waals surface area contributed by atoms with Crippen LogP contribution in [0.2, 0.25) is 0 Å². The number of hydrogen-bond donors (Lipinski definition) is 0. The number of rotatable bonds is 1. The van der Waals surface area contributed by atoms with Crippen LogP contribution in [0.3, 0.4) is 0 Å². The topological polar surface area (TPSA) is 25.2 Å². The summed E-state index contributed by atoms with van der Waals surface area (Å²) in [5.74, 6) is 0. The lowest BCUT2D eigenvalue weighted by atomic mass is 10.0. The van der Waals surface area contributed by atoms with Gasteiger partial charge in [0.1, 0.15) is 0 Å². The van der Waals surface area contributed by atoms with Crippen LogP contribution in [-0.2, 0) is 0 Å². The van der Waals surface area contributed by atoms with Crippen molar-refractivity contribution in [1.29, 1.82) is 0 Å². The molecule has 0 aliphatic heterocycles. The van der Waals surface area contributed by atoms with Crippen molar-refractivity contribution < 1.29 is 0 Å². The molecule has 0 amide bonds. The van der Waals surface area contributed by atoms with Crippen LogP contribution in [0, 0.1) is 20.8 Å². The van der Waals surface area contributed by atoms with E-state index in [0.717, 1.165) is 22.7 Å². The van der Waals surface area contributed by atoms with Gasteiger partial charge in [-0.3, -0.25) is 4.98 Å². The Balaban J connectivity index is 2.00. The van der Waals surface area contributed by atoms with Gasteiger partial charge in [-0.05, 0) is 44.0 Å². The molecule has 1 aliphatic carbocycles. The Morgan fingerprint density at radius 1 is 0.783 bits per heavy atom. The summed E-state index contributed by atoms with van der Waals surface area (Å²) in [5.41, 5.74) is 10.3. The van der Waals surface area contributed by atoms with Crippen molar-refractivity contribution >= 4 is 11.4 Å². The Bertz CT molecular complexity index is 881. The van der Waals surface area contributed by atoms with Gasteiger partial charge < -0.3 is 0 Å². The molecule has 0 N–H and O–H groups in total. The zero-order valence-corrected chi connectivity index (χ0v) is 13.6. The Morgan fingerprint density at radius 2 is 1.43 bits per heavy atom. The minimum atomic E-state index is 1.03. The van der Waals surface area contributed by atoms with Crippen LogP contribution in [0.25, 0.3) is 11.3 Å². The maximum Gasteiger partial charge on any atom is 0.0810 e. The zero-order valence-electron chi connectivity index (χ0n) is 13.6. The smallest absolute Gasteiger partial charge is 0.0810 e. The molecule has 0 fully saturated rings. The number of aliphatic imine (C=N–C) groups is 1. The summed E-state index contributed by atoms with van der Waals surface area (Å²) in [5, 5.41) is 0. The van der Waals surface area contributed by atoms with Gasteiger partial charge in [-0.25, -0.2) is 4.99 Å². The minimum absolute atomic E-state index is 1.03. The van der Waals surface area contributed by atoms with Gasteiger partial charge in [0.05, 0.1) is 17.1 Å². The monoisotopic (exact) mass is 298 g/mol. The van der Waals surface area contributed by atoms with E-state index < -0.39 is 0 Å². The van der Waals surface area contributed by atoms with Crippen molar-refractivity contribution in [2.45, 2.75) is 20.8 Å². The highest BCUT2D eigenvalue weighted by molar-refractivity contribution is 6.24. The average Bonchev–Trinajstić information content (AvgIpc) is 2.85. The fourth-order valence-corrected chi connectivity index (χ4v) is 3.43. The number of benzene rings is 2. The van der Waals surface area contributed by atoms with E-state index in [-0.39, 0.29) is 0 Å². The Morgan fingerprint density at radius 3 is 2.17 bits per heavy atom. The molecule has 2 heteroatoms. The lowest BCUT2D eigenvalue weighted by molar-refractivity contribution is 1.28. The van der Waals surface area contributed by atoms with E-state index in [1.807, 2.05) is 12.3 Å². The van der Waals surface area contributed by atoms with E-state index >= 15 is 0 Å². The highest BCUT2D eigenvalue weighted by Gasteiger charge is 2.25. The first-order valence-electron chi connectivity index (χ1n) is 7.87. The van der Waals surface area contributed by atoms with E-state index in [9.17, 15) is 0 Å². The SMILES string of the molecule is Cc1cc(C)c(N=C2c3ccccc3-c3ncccc32)c(C)c1. The highest BCUT2D eigenvalue weighted by Crippen LogP contribution is 2.37. The van der Waals surface area contributed by atoms with Gasteiger partial charge in [0.2, 0.25) is 0 Å². The number of fused-ring (bicyclic) bond motifs is 3. The molecule has 0 unspecified atom stereocenters. The molecule has 1 heterocycles. The molecule has 112 valence electrons. The van der Waals surface area contributed by atoms with E-state index in [4.69, 9.17) is 4.99 Å². The molecule has 0 atom stereocenters. The van der Waals surface area contributed by atoms with Crippen LogP contribution >= 0.6 is 0 Å². The molecular formula is C21H18N2. The fraction of sp³-hybridized carbons (Fsp3) is 0.143. The molecule has 1 aliphatic rings. The quantitative estimate of drug-likeness (QED) is 0.476. The van der Waals surface area contributed by atoms with Crippen molar-refractivity contribution in [3.63, 3.8) is 0 Å². The van der Waals surface area contributed by atoms with Gasteiger partial charge in [0.25, 0.3) is 0 Å². The van der Waals surface area contributed by atoms with Crippen LogP contribution in [0.4, 0.5) is 5.69 Å². The summed E-state index contributed by atoms with van der Waals surface area (Å²) >= 11 is 0. The van der Waals surface area contributed by atoms with E-state index in [1.165, 1.54) is 27.8 Å². The molecular weight excluding hydrogens is 280 g/mol. The summed E-state index contributed by atoms with van der Waals surface area (Å²) in [6.45, 7) is 6.38. The average molecular weight is 298 g/mol. The molecule has 0 bridgehead atoms. The van der Waals surface area contributed by atoms with Gasteiger partial charge in [0, 0.05) is 22.9 Å². The molecule has 2 nitrogen and oxygen atoms in total. The largest absolute Gasteiger partial charge is 0.256 e. The number of hydrogen-bond acceptors (Lipinski definition) is 2. The van der Waals surface area contributed by atoms with Gasteiger partial charge >= 0.3 is 0 Å². The molecule has 23 heavy (non-hydrogen) atoms. The standard InChI is InChI=1S/C21H18N2/c1-13-11-14(2)19(15(3)12-13)23-21-17-8-5-4-7-16(17)20-18(21)9-6-10-22-20/h4-12H,1-3H3. The van der Waals surface area contributed by atoms with Gasteiger partial charge in [-0.1, -0.05) is 42.0 Å².